The van der Waals surface area contributed by atoms with E-state index >= 15 is 0 Å². The first kappa shape index (κ1) is 19.4. The first-order chi connectivity index (χ1) is 14.6. The molecule has 2 fully saturated rings. The summed E-state index contributed by atoms with van der Waals surface area (Å²) in [6.45, 7) is 2.08. The van der Waals surface area contributed by atoms with E-state index in [9.17, 15) is 9.59 Å². The van der Waals surface area contributed by atoms with Crippen molar-refractivity contribution in [1.82, 2.24) is 10.3 Å². The van der Waals surface area contributed by atoms with Gasteiger partial charge in [-0.2, -0.15) is 0 Å². The average molecular weight is 420 g/mol. The SMILES string of the molecule is Cc1ccc2nc(-c3ccc(N4C(=O)CC(NC5CCCCC5)C4=O)cc3)sc2c1. The molecule has 0 bridgehead atoms. The Hall–Kier alpha value is -2.57. The summed E-state index contributed by atoms with van der Waals surface area (Å²) in [6.07, 6.45) is 6.09. The molecular weight excluding hydrogens is 394 g/mol. The number of amides is 2. The lowest BCUT2D eigenvalue weighted by molar-refractivity contribution is -0.121. The zero-order chi connectivity index (χ0) is 20.7. The quantitative estimate of drug-likeness (QED) is 0.616. The molecule has 2 amide bonds. The van der Waals surface area contributed by atoms with Gasteiger partial charge in [0.2, 0.25) is 5.91 Å². The third-order valence-electron chi connectivity index (χ3n) is 6.11. The highest BCUT2D eigenvalue weighted by atomic mass is 32.1. The molecule has 1 aliphatic carbocycles. The summed E-state index contributed by atoms with van der Waals surface area (Å²) in [5.41, 5.74) is 3.84. The number of carbonyl (C=O) groups excluding carboxylic acids is 2. The fourth-order valence-electron chi connectivity index (χ4n) is 4.50. The van der Waals surface area contributed by atoms with Gasteiger partial charge in [-0.1, -0.05) is 25.3 Å². The van der Waals surface area contributed by atoms with Gasteiger partial charge in [-0.15, -0.1) is 11.3 Å². The van der Waals surface area contributed by atoms with Crippen LogP contribution in [0, 0.1) is 6.92 Å². The maximum absolute atomic E-state index is 12.9. The van der Waals surface area contributed by atoms with Crippen LogP contribution in [0.2, 0.25) is 0 Å². The van der Waals surface area contributed by atoms with E-state index in [0.29, 0.717) is 11.7 Å². The molecule has 0 radical (unpaired) electrons. The van der Waals surface area contributed by atoms with Crippen LogP contribution in [0.1, 0.15) is 44.1 Å². The number of rotatable bonds is 4. The van der Waals surface area contributed by atoms with Crippen LogP contribution < -0.4 is 10.2 Å². The highest BCUT2D eigenvalue weighted by Gasteiger charge is 2.40. The molecule has 2 aromatic carbocycles. The Balaban J connectivity index is 1.34. The predicted octanol–water partition coefficient (Wildman–Crippen LogP) is 4.83. The van der Waals surface area contributed by atoms with Crippen molar-refractivity contribution < 1.29 is 9.59 Å². The summed E-state index contributed by atoms with van der Waals surface area (Å²) >= 11 is 1.65. The number of benzene rings is 2. The zero-order valence-electron chi connectivity index (χ0n) is 17.1. The van der Waals surface area contributed by atoms with Crippen LogP contribution in [0.4, 0.5) is 5.69 Å². The summed E-state index contributed by atoms with van der Waals surface area (Å²) in [4.78, 5) is 31.6. The van der Waals surface area contributed by atoms with Gasteiger partial charge >= 0.3 is 0 Å². The van der Waals surface area contributed by atoms with Crippen LogP contribution in [0.25, 0.3) is 20.8 Å². The van der Waals surface area contributed by atoms with Crippen LogP contribution in [-0.4, -0.2) is 28.9 Å². The number of hydrogen-bond donors (Lipinski definition) is 1. The molecule has 2 aliphatic rings. The minimum Gasteiger partial charge on any atom is -0.303 e. The lowest BCUT2D eigenvalue weighted by atomic mass is 9.95. The number of aryl methyl sites for hydroxylation is 1. The molecule has 2 heterocycles. The van der Waals surface area contributed by atoms with Crippen molar-refractivity contribution in [3.8, 4) is 10.6 Å². The second-order valence-corrected chi connectivity index (χ2v) is 9.39. The van der Waals surface area contributed by atoms with E-state index in [1.165, 1.54) is 29.7 Å². The van der Waals surface area contributed by atoms with Crippen LogP contribution in [0.5, 0.6) is 0 Å². The summed E-state index contributed by atoms with van der Waals surface area (Å²) in [5.74, 6) is -0.259. The molecular formula is C24H25N3O2S. The van der Waals surface area contributed by atoms with Gasteiger partial charge in [0.15, 0.2) is 0 Å². The van der Waals surface area contributed by atoms with Gasteiger partial charge in [0.1, 0.15) is 5.01 Å². The number of aromatic nitrogens is 1. The second-order valence-electron chi connectivity index (χ2n) is 8.36. The van der Waals surface area contributed by atoms with Crippen molar-refractivity contribution in [3.63, 3.8) is 0 Å². The van der Waals surface area contributed by atoms with E-state index in [0.717, 1.165) is 33.6 Å². The molecule has 1 aliphatic heterocycles. The van der Waals surface area contributed by atoms with Gasteiger partial charge in [0.05, 0.1) is 28.4 Å². The molecule has 1 saturated heterocycles. The average Bonchev–Trinajstić information content (AvgIpc) is 3.29. The number of fused-ring (bicyclic) bond motifs is 1. The lowest BCUT2D eigenvalue weighted by Gasteiger charge is -2.25. The van der Waals surface area contributed by atoms with Crippen molar-refractivity contribution >= 4 is 39.1 Å². The van der Waals surface area contributed by atoms with Crippen molar-refractivity contribution in [3.05, 3.63) is 48.0 Å². The second kappa shape index (κ2) is 7.93. The minimum absolute atomic E-state index is 0.128. The Labute approximate surface area is 180 Å². The molecule has 3 aromatic rings. The number of thiazole rings is 1. The van der Waals surface area contributed by atoms with Gasteiger partial charge in [-0.05, 0) is 61.7 Å². The van der Waals surface area contributed by atoms with Gasteiger partial charge in [0.25, 0.3) is 5.91 Å². The molecule has 5 rings (SSSR count). The predicted molar refractivity (Wildman–Crippen MR) is 121 cm³/mol. The Morgan fingerprint density at radius 2 is 1.80 bits per heavy atom. The van der Waals surface area contributed by atoms with E-state index < -0.39 is 6.04 Å². The largest absolute Gasteiger partial charge is 0.303 e. The number of imide groups is 1. The summed E-state index contributed by atoms with van der Waals surface area (Å²) in [6, 6.07) is 13.8. The Morgan fingerprint density at radius 3 is 2.57 bits per heavy atom. The first-order valence-electron chi connectivity index (χ1n) is 10.7. The molecule has 5 nitrogen and oxygen atoms in total. The maximum Gasteiger partial charge on any atom is 0.251 e. The lowest BCUT2D eigenvalue weighted by Crippen LogP contribution is -2.44. The van der Waals surface area contributed by atoms with Crippen LogP contribution in [0.3, 0.4) is 0 Å². The molecule has 30 heavy (non-hydrogen) atoms. The van der Waals surface area contributed by atoms with E-state index in [1.54, 1.807) is 11.3 Å². The minimum atomic E-state index is -0.396. The first-order valence-corrected chi connectivity index (χ1v) is 11.5. The fraction of sp³-hybridized carbons (Fsp3) is 0.375. The van der Waals surface area contributed by atoms with Crippen molar-refractivity contribution in [1.29, 1.82) is 0 Å². The summed E-state index contributed by atoms with van der Waals surface area (Å²) < 4.78 is 1.16. The van der Waals surface area contributed by atoms with Crippen molar-refractivity contribution in [2.24, 2.45) is 0 Å². The Kier molecular flexibility index (Phi) is 5.13. The van der Waals surface area contributed by atoms with E-state index in [2.05, 4.69) is 24.4 Å². The Morgan fingerprint density at radius 1 is 1.03 bits per heavy atom. The normalized spacial score (nSPS) is 20.4. The van der Waals surface area contributed by atoms with Crippen LogP contribution in [-0.2, 0) is 9.59 Å². The Bertz CT molecular complexity index is 1100. The highest BCUT2D eigenvalue weighted by Crippen LogP contribution is 2.33. The van der Waals surface area contributed by atoms with Gasteiger partial charge in [-0.3, -0.25) is 9.59 Å². The number of hydrogen-bond acceptors (Lipinski definition) is 5. The van der Waals surface area contributed by atoms with Crippen LogP contribution in [0.15, 0.2) is 42.5 Å². The zero-order valence-corrected chi connectivity index (χ0v) is 17.9. The van der Waals surface area contributed by atoms with Crippen molar-refractivity contribution in [2.45, 2.75) is 57.5 Å². The van der Waals surface area contributed by atoms with Crippen molar-refractivity contribution in [2.75, 3.05) is 4.90 Å². The third kappa shape index (κ3) is 3.66. The number of nitrogens with zero attached hydrogens (tertiary/aromatic N) is 2. The summed E-state index contributed by atoms with van der Waals surface area (Å²) in [7, 11) is 0. The molecule has 6 heteroatoms. The standard InChI is InChI=1S/C24H25N3O2S/c1-15-7-12-19-21(13-15)30-23(26-19)16-8-10-18(11-9-16)27-22(28)14-20(24(27)29)25-17-5-3-2-4-6-17/h7-13,17,20,25H,2-6,14H2,1H3. The number of nitrogens with one attached hydrogen (secondary N) is 1. The molecule has 1 aromatic heterocycles. The van der Waals surface area contributed by atoms with Gasteiger partial charge < -0.3 is 5.32 Å². The van der Waals surface area contributed by atoms with Gasteiger partial charge in [-0.25, -0.2) is 9.88 Å². The topological polar surface area (TPSA) is 62.3 Å². The van der Waals surface area contributed by atoms with Gasteiger partial charge in [0, 0.05) is 11.6 Å². The highest BCUT2D eigenvalue weighted by molar-refractivity contribution is 7.21. The van der Waals surface area contributed by atoms with E-state index in [1.807, 2.05) is 30.3 Å². The maximum atomic E-state index is 12.9. The molecule has 0 spiro atoms. The molecule has 1 N–H and O–H groups in total. The van der Waals surface area contributed by atoms with E-state index in [4.69, 9.17) is 4.98 Å². The number of anilines is 1. The third-order valence-corrected chi connectivity index (χ3v) is 7.17. The molecule has 154 valence electrons. The number of carbonyl (C=O) groups is 2. The smallest absolute Gasteiger partial charge is 0.251 e. The molecule has 1 unspecified atom stereocenters. The fourth-order valence-corrected chi connectivity index (χ4v) is 5.56. The molecule has 1 saturated carbocycles. The molecule has 1 atom stereocenters. The van der Waals surface area contributed by atoms with E-state index in [-0.39, 0.29) is 18.2 Å². The van der Waals surface area contributed by atoms with Crippen LogP contribution >= 0.6 is 11.3 Å². The monoisotopic (exact) mass is 419 g/mol. The summed E-state index contributed by atoms with van der Waals surface area (Å²) in [5, 5.41) is 4.38.